The van der Waals surface area contributed by atoms with E-state index in [9.17, 15) is 29.6 Å². The molecular weight excluding hydrogens is 568 g/mol. The summed E-state index contributed by atoms with van der Waals surface area (Å²) >= 11 is 3.74. The Labute approximate surface area is 233 Å². The lowest BCUT2D eigenvalue weighted by Crippen LogP contribution is -2.51. The van der Waals surface area contributed by atoms with Gasteiger partial charge < -0.3 is 10.2 Å². The highest BCUT2D eigenvalue weighted by molar-refractivity contribution is 9.10. The third kappa shape index (κ3) is 3.50. The quantitative estimate of drug-likeness (QED) is 0.146. The number of hydrogen-bond donors (Lipinski definition) is 2. The Kier molecular flexibility index (Phi) is 6.54. The van der Waals surface area contributed by atoms with E-state index in [2.05, 4.69) is 15.9 Å². The summed E-state index contributed by atoms with van der Waals surface area (Å²) in [5.74, 6) is -3.26. The molecule has 3 aliphatic rings. The summed E-state index contributed by atoms with van der Waals surface area (Å²) in [7, 11) is 0. The number of hydrogen-bond acceptors (Lipinski definition) is 6. The van der Waals surface area contributed by atoms with Crippen LogP contribution in [0.15, 0.2) is 60.7 Å². The number of alkyl halides is 1. The Hall–Kier alpha value is -3.37. The first kappa shape index (κ1) is 27.2. The van der Waals surface area contributed by atoms with Crippen LogP contribution in [-0.2, 0) is 14.4 Å². The molecule has 0 radical (unpaired) electrons. The minimum absolute atomic E-state index is 0.00909. The van der Waals surface area contributed by atoms with Crippen LogP contribution in [0, 0.1) is 26.9 Å². The summed E-state index contributed by atoms with van der Waals surface area (Å²) in [4.78, 5) is 50.6. The van der Waals surface area contributed by atoms with E-state index in [0.717, 1.165) is 22.3 Å². The molecule has 204 valence electrons. The summed E-state index contributed by atoms with van der Waals surface area (Å²) in [6.45, 7) is 3.70. The number of fused-ring (bicyclic) bond motifs is 5. The lowest BCUT2D eigenvalue weighted by Gasteiger charge is -2.42. The summed E-state index contributed by atoms with van der Waals surface area (Å²) in [5.41, 5.74) is 1.14. The number of benzene rings is 2. The van der Waals surface area contributed by atoms with Crippen LogP contribution in [0.2, 0.25) is 0 Å². The number of imide groups is 1. The number of nitro groups is 1. The van der Waals surface area contributed by atoms with Gasteiger partial charge in [-0.25, -0.2) is 4.79 Å². The molecule has 39 heavy (non-hydrogen) atoms. The Morgan fingerprint density at radius 2 is 1.56 bits per heavy atom. The lowest BCUT2D eigenvalue weighted by atomic mass is 9.63. The van der Waals surface area contributed by atoms with Crippen LogP contribution in [0.5, 0.6) is 0 Å². The Bertz CT molecular complexity index is 1380. The lowest BCUT2D eigenvalue weighted by molar-refractivity contribution is -0.511. The number of unbranched alkanes of at least 4 members (excludes halogenated alkanes) is 1. The fraction of sp³-hybridized carbons (Fsp3) is 0.414. The second kappa shape index (κ2) is 9.38. The SMILES string of the molecule is CC12C(c3ccccc3)=C(c3ccccc3)C(C)(C1O)C1(Br)C(=O)N(CCCC[C@@H](C(=O)O)[N+](=O)[O-])C(=O)C21. The van der Waals surface area contributed by atoms with E-state index in [1.165, 1.54) is 4.90 Å². The number of aliphatic carboxylic acids is 1. The third-order valence-electron chi connectivity index (χ3n) is 9.02. The molecule has 1 heterocycles. The summed E-state index contributed by atoms with van der Waals surface area (Å²) in [6, 6.07) is 17.4. The zero-order valence-electron chi connectivity index (χ0n) is 21.5. The first-order valence-corrected chi connectivity index (χ1v) is 13.7. The van der Waals surface area contributed by atoms with Crippen LogP contribution in [0.1, 0.15) is 44.2 Å². The minimum Gasteiger partial charge on any atom is -0.476 e. The predicted molar refractivity (Wildman–Crippen MR) is 146 cm³/mol. The van der Waals surface area contributed by atoms with Gasteiger partial charge in [0.25, 0.3) is 0 Å². The number of nitrogens with zero attached hydrogens (tertiary/aromatic N) is 2. The van der Waals surface area contributed by atoms with Gasteiger partial charge in [-0.1, -0.05) is 90.4 Å². The fourth-order valence-electron chi connectivity index (χ4n) is 7.27. The molecule has 0 aromatic heterocycles. The van der Waals surface area contributed by atoms with Gasteiger partial charge in [0.05, 0.1) is 12.0 Å². The summed E-state index contributed by atoms with van der Waals surface area (Å²) < 4.78 is -1.40. The number of carboxylic acid groups (broad SMARTS) is 1. The van der Waals surface area contributed by atoms with Gasteiger partial charge in [0.15, 0.2) is 0 Å². The second-order valence-corrected chi connectivity index (χ2v) is 12.2. The van der Waals surface area contributed by atoms with E-state index < -0.39 is 55.9 Å². The number of halogens is 1. The van der Waals surface area contributed by atoms with Gasteiger partial charge in [-0.05, 0) is 35.1 Å². The smallest absolute Gasteiger partial charge is 0.379 e. The van der Waals surface area contributed by atoms with Crippen molar-refractivity contribution >= 4 is 44.9 Å². The zero-order chi connectivity index (χ0) is 28.3. The minimum atomic E-state index is -1.73. The number of carbonyl (C=O) groups excluding carboxylic acids is 2. The van der Waals surface area contributed by atoms with Crippen molar-refractivity contribution in [2.24, 2.45) is 16.7 Å². The molecular formula is C29H29BrN2O7. The van der Waals surface area contributed by atoms with Gasteiger partial charge in [-0.2, -0.15) is 0 Å². The number of amides is 2. The molecule has 9 nitrogen and oxygen atoms in total. The maximum atomic E-state index is 14.1. The molecule has 0 spiro atoms. The number of carbonyl (C=O) groups is 3. The van der Waals surface area contributed by atoms with Gasteiger partial charge in [-0.3, -0.25) is 24.6 Å². The summed E-state index contributed by atoms with van der Waals surface area (Å²) in [6.07, 6.45) is -0.848. The maximum absolute atomic E-state index is 14.1. The molecule has 2 amide bonds. The third-order valence-corrected chi connectivity index (χ3v) is 10.6. The average molecular weight is 597 g/mol. The van der Waals surface area contributed by atoms with Crippen LogP contribution in [-0.4, -0.2) is 60.8 Å². The van der Waals surface area contributed by atoms with Crippen LogP contribution in [0.3, 0.4) is 0 Å². The highest BCUT2D eigenvalue weighted by atomic mass is 79.9. The van der Waals surface area contributed by atoms with Crippen molar-refractivity contribution < 1.29 is 29.5 Å². The first-order valence-electron chi connectivity index (χ1n) is 12.9. The van der Waals surface area contributed by atoms with Gasteiger partial charge in [0.2, 0.25) is 11.8 Å². The standard InChI is InChI=1S/C29H29BrN2O7/c1-27-20(17-11-5-3-6-12-17)21(18-13-7-4-8-14-18)28(2,25(27)36)29(30)22(27)23(33)31(26(29)37)16-10-9-15-19(24(34)35)32(38)39/h3-8,11-14,19,22,25,36H,9-10,15-16H2,1-2H3,(H,34,35)/t19-,22?,25?,27?,28?,29?/m0/s1. The van der Waals surface area contributed by atoms with Crippen molar-refractivity contribution in [2.45, 2.75) is 49.6 Å². The van der Waals surface area contributed by atoms with Gasteiger partial charge in [0, 0.05) is 28.7 Å². The van der Waals surface area contributed by atoms with E-state index in [4.69, 9.17) is 5.11 Å². The molecule has 2 N–H and O–H groups in total. The van der Waals surface area contributed by atoms with E-state index in [1.807, 2.05) is 74.5 Å². The Balaban J connectivity index is 1.55. The molecule has 2 aromatic carbocycles. The Morgan fingerprint density at radius 3 is 2.08 bits per heavy atom. The van der Waals surface area contributed by atoms with E-state index in [1.54, 1.807) is 0 Å². The zero-order valence-corrected chi connectivity index (χ0v) is 23.1. The van der Waals surface area contributed by atoms with Crippen molar-refractivity contribution in [2.75, 3.05) is 6.54 Å². The second-order valence-electron chi connectivity index (χ2n) is 10.9. The molecule has 5 rings (SSSR count). The van der Waals surface area contributed by atoms with Crippen LogP contribution in [0.4, 0.5) is 0 Å². The van der Waals surface area contributed by atoms with E-state index >= 15 is 0 Å². The number of likely N-dealkylation sites (tertiary alicyclic amines) is 1. The molecule has 6 atom stereocenters. The van der Waals surface area contributed by atoms with Crippen molar-refractivity contribution in [3.8, 4) is 0 Å². The molecule has 2 fully saturated rings. The summed E-state index contributed by atoms with van der Waals surface area (Å²) in [5, 5.41) is 32.1. The molecule has 1 saturated heterocycles. The molecule has 1 saturated carbocycles. The van der Waals surface area contributed by atoms with Crippen molar-refractivity contribution in [3.05, 3.63) is 81.9 Å². The van der Waals surface area contributed by atoms with Crippen molar-refractivity contribution in [3.63, 3.8) is 0 Å². The molecule has 2 bridgehead atoms. The van der Waals surface area contributed by atoms with Crippen LogP contribution in [0.25, 0.3) is 11.1 Å². The molecule has 1 aliphatic heterocycles. The number of aliphatic hydroxyl groups excluding tert-OH is 1. The highest BCUT2D eigenvalue weighted by Gasteiger charge is 2.85. The highest BCUT2D eigenvalue weighted by Crippen LogP contribution is 2.79. The Morgan fingerprint density at radius 1 is 1.03 bits per heavy atom. The molecule has 10 heteroatoms. The maximum Gasteiger partial charge on any atom is 0.379 e. The number of aliphatic hydroxyl groups is 1. The van der Waals surface area contributed by atoms with Crippen LogP contribution < -0.4 is 0 Å². The van der Waals surface area contributed by atoms with Crippen molar-refractivity contribution in [1.82, 2.24) is 4.90 Å². The number of carboxylic acids is 1. The molecule has 2 aliphatic carbocycles. The van der Waals surface area contributed by atoms with Gasteiger partial charge in [-0.15, -0.1) is 0 Å². The first-order chi connectivity index (χ1) is 18.4. The van der Waals surface area contributed by atoms with E-state index in [0.29, 0.717) is 0 Å². The number of rotatable bonds is 9. The normalized spacial score (nSPS) is 32.1. The van der Waals surface area contributed by atoms with Crippen molar-refractivity contribution in [1.29, 1.82) is 0 Å². The van der Waals surface area contributed by atoms with Crippen LogP contribution >= 0.6 is 15.9 Å². The molecule has 2 aromatic rings. The molecule has 5 unspecified atom stereocenters. The monoisotopic (exact) mass is 596 g/mol. The largest absolute Gasteiger partial charge is 0.476 e. The van der Waals surface area contributed by atoms with E-state index in [-0.39, 0.29) is 25.8 Å². The van der Waals surface area contributed by atoms with Gasteiger partial charge >= 0.3 is 12.0 Å². The fourth-order valence-corrected chi connectivity index (χ4v) is 8.57. The average Bonchev–Trinajstić information content (AvgIpc) is 3.29. The van der Waals surface area contributed by atoms with Gasteiger partial charge in [0.1, 0.15) is 4.32 Å². The predicted octanol–water partition coefficient (Wildman–Crippen LogP) is 4.02. The topological polar surface area (TPSA) is 138 Å².